The summed E-state index contributed by atoms with van der Waals surface area (Å²) in [4.78, 5) is 4.18. The van der Waals surface area contributed by atoms with Crippen molar-refractivity contribution in [1.82, 2.24) is 25.2 Å². The van der Waals surface area contributed by atoms with Crippen molar-refractivity contribution < 1.29 is 13.2 Å². The van der Waals surface area contributed by atoms with Gasteiger partial charge < -0.3 is 10.6 Å². The number of nitrogens with zero attached hydrogens (tertiary/aromatic N) is 4. The normalized spacial score (nSPS) is 16.4. The molecule has 1 saturated carbocycles. The van der Waals surface area contributed by atoms with Crippen molar-refractivity contribution in [3.63, 3.8) is 0 Å². The van der Waals surface area contributed by atoms with Gasteiger partial charge in [-0.15, -0.1) is 34.2 Å². The molecule has 0 radical (unpaired) electrons. The van der Waals surface area contributed by atoms with E-state index in [0.29, 0.717) is 23.5 Å². The maximum absolute atomic E-state index is 12.9. The maximum Gasteiger partial charge on any atom is 0.417 e. The molecule has 0 spiro atoms. The van der Waals surface area contributed by atoms with Crippen LogP contribution in [0.4, 0.5) is 13.2 Å². The topological polar surface area (TPSA) is 66.6 Å². The van der Waals surface area contributed by atoms with Gasteiger partial charge in [0.05, 0.1) is 12.1 Å². The highest BCUT2D eigenvalue weighted by atomic mass is 127. The first-order valence-corrected chi connectivity index (χ1v) is 8.35. The highest BCUT2D eigenvalue weighted by Crippen LogP contribution is 2.29. The molecule has 2 N–H and O–H groups in total. The van der Waals surface area contributed by atoms with Gasteiger partial charge in [-0.1, -0.05) is 19.3 Å². The van der Waals surface area contributed by atoms with Crippen LogP contribution in [0.15, 0.2) is 23.3 Å². The number of guanidine groups is 1. The predicted molar refractivity (Wildman–Crippen MR) is 104 cm³/mol. The van der Waals surface area contributed by atoms with Crippen LogP contribution in [0, 0.1) is 0 Å². The molecule has 3 rings (SSSR count). The maximum atomic E-state index is 12.9. The molecular weight excluding hydrogens is 460 g/mol. The van der Waals surface area contributed by atoms with E-state index in [1.54, 1.807) is 7.05 Å². The first-order valence-electron chi connectivity index (χ1n) is 8.35. The van der Waals surface area contributed by atoms with E-state index in [2.05, 4.69) is 25.8 Å². The third kappa shape index (κ3) is 4.98. The van der Waals surface area contributed by atoms with Gasteiger partial charge in [0.2, 0.25) is 0 Å². The Labute approximate surface area is 166 Å². The standard InChI is InChI=1S/C16H21F3N6.HI/c1-20-15(22-12-5-3-2-4-6-12)21-9-14-24-23-13-8-7-11(10-25(13)14)16(17,18)19;/h7-8,10,12H,2-6,9H2,1H3,(H2,20,21,22);1H. The summed E-state index contributed by atoms with van der Waals surface area (Å²) in [7, 11) is 1.67. The van der Waals surface area contributed by atoms with Crippen molar-refractivity contribution >= 4 is 35.6 Å². The lowest BCUT2D eigenvalue weighted by Crippen LogP contribution is -2.44. The fourth-order valence-electron chi connectivity index (χ4n) is 3.02. The number of nitrogens with one attached hydrogen (secondary N) is 2. The van der Waals surface area contributed by atoms with Crippen molar-refractivity contribution in [3.05, 3.63) is 29.7 Å². The fraction of sp³-hybridized carbons (Fsp3) is 0.562. The van der Waals surface area contributed by atoms with Gasteiger partial charge in [-0.25, -0.2) is 0 Å². The van der Waals surface area contributed by atoms with Gasteiger partial charge in [-0.2, -0.15) is 13.2 Å². The van der Waals surface area contributed by atoms with Crippen LogP contribution in [-0.4, -0.2) is 33.6 Å². The van der Waals surface area contributed by atoms with E-state index >= 15 is 0 Å². The number of hydrogen-bond donors (Lipinski definition) is 2. The van der Waals surface area contributed by atoms with Gasteiger partial charge in [0.25, 0.3) is 0 Å². The number of fused-ring (bicyclic) bond motifs is 1. The van der Waals surface area contributed by atoms with Crippen molar-refractivity contribution in [1.29, 1.82) is 0 Å². The zero-order chi connectivity index (χ0) is 17.9. The second-order valence-corrected chi connectivity index (χ2v) is 6.17. The van der Waals surface area contributed by atoms with E-state index < -0.39 is 11.7 Å². The number of aromatic nitrogens is 3. The van der Waals surface area contributed by atoms with Crippen molar-refractivity contribution in [2.45, 2.75) is 50.9 Å². The average Bonchev–Trinajstić information content (AvgIpc) is 3.01. The Morgan fingerprint density at radius 3 is 2.62 bits per heavy atom. The minimum atomic E-state index is -4.40. The van der Waals surface area contributed by atoms with Gasteiger partial charge in [-0.05, 0) is 25.0 Å². The zero-order valence-corrected chi connectivity index (χ0v) is 16.7. The molecule has 10 heteroatoms. The Morgan fingerprint density at radius 1 is 1.23 bits per heavy atom. The fourth-order valence-corrected chi connectivity index (χ4v) is 3.02. The van der Waals surface area contributed by atoms with E-state index in [-0.39, 0.29) is 30.5 Å². The number of alkyl halides is 3. The first-order chi connectivity index (χ1) is 12.0. The second-order valence-electron chi connectivity index (χ2n) is 6.17. The highest BCUT2D eigenvalue weighted by molar-refractivity contribution is 14.0. The van der Waals surface area contributed by atoms with E-state index in [1.807, 2.05) is 0 Å². The van der Waals surface area contributed by atoms with E-state index in [9.17, 15) is 13.2 Å². The van der Waals surface area contributed by atoms with Gasteiger partial charge >= 0.3 is 6.18 Å². The van der Waals surface area contributed by atoms with Gasteiger partial charge in [0.1, 0.15) is 0 Å². The lowest BCUT2D eigenvalue weighted by molar-refractivity contribution is -0.137. The van der Waals surface area contributed by atoms with Crippen LogP contribution in [0.3, 0.4) is 0 Å². The van der Waals surface area contributed by atoms with Crippen LogP contribution in [0.1, 0.15) is 43.5 Å². The molecule has 0 atom stereocenters. The Hall–Kier alpha value is -1.59. The predicted octanol–water partition coefficient (Wildman–Crippen LogP) is 3.36. The van der Waals surface area contributed by atoms with Crippen LogP contribution in [0.2, 0.25) is 0 Å². The van der Waals surface area contributed by atoms with Crippen LogP contribution in [-0.2, 0) is 12.7 Å². The summed E-state index contributed by atoms with van der Waals surface area (Å²) in [6.45, 7) is 0.231. The highest BCUT2D eigenvalue weighted by Gasteiger charge is 2.31. The van der Waals surface area contributed by atoms with E-state index in [4.69, 9.17) is 0 Å². The molecule has 0 aromatic carbocycles. The molecule has 0 saturated heterocycles. The lowest BCUT2D eigenvalue weighted by Gasteiger charge is -2.24. The van der Waals surface area contributed by atoms with Gasteiger partial charge in [0.15, 0.2) is 17.4 Å². The van der Waals surface area contributed by atoms with Crippen molar-refractivity contribution in [3.8, 4) is 0 Å². The summed E-state index contributed by atoms with van der Waals surface area (Å²) in [5.74, 6) is 1.02. The smallest absolute Gasteiger partial charge is 0.354 e. The first kappa shape index (κ1) is 20.7. The summed E-state index contributed by atoms with van der Waals surface area (Å²) in [6.07, 6.45) is 2.48. The van der Waals surface area contributed by atoms with Gasteiger partial charge in [0, 0.05) is 19.3 Å². The molecule has 0 bridgehead atoms. The van der Waals surface area contributed by atoms with Crippen molar-refractivity contribution in [2.24, 2.45) is 4.99 Å². The summed E-state index contributed by atoms with van der Waals surface area (Å²) in [5, 5.41) is 14.3. The van der Waals surface area contributed by atoms with Crippen molar-refractivity contribution in [2.75, 3.05) is 7.05 Å². The molecule has 0 unspecified atom stereocenters. The SMILES string of the molecule is CN=C(NCc1nnc2ccc(C(F)(F)F)cn12)NC1CCCCC1.I. The third-order valence-corrected chi connectivity index (χ3v) is 4.38. The molecule has 2 aromatic rings. The number of rotatable bonds is 3. The monoisotopic (exact) mass is 482 g/mol. The van der Waals surface area contributed by atoms with E-state index in [1.165, 1.54) is 29.7 Å². The van der Waals surface area contributed by atoms with Crippen LogP contribution < -0.4 is 10.6 Å². The largest absolute Gasteiger partial charge is 0.417 e. The van der Waals surface area contributed by atoms with Crippen LogP contribution in [0.5, 0.6) is 0 Å². The number of halogens is 4. The average molecular weight is 482 g/mol. The molecule has 2 heterocycles. The molecule has 1 aliphatic rings. The van der Waals surface area contributed by atoms with Crippen LogP contribution >= 0.6 is 24.0 Å². The number of aliphatic imine (C=N–C) groups is 1. The Morgan fingerprint density at radius 2 is 1.96 bits per heavy atom. The summed E-state index contributed by atoms with van der Waals surface area (Å²) >= 11 is 0. The van der Waals surface area contributed by atoms with Gasteiger partial charge in [-0.3, -0.25) is 9.39 Å². The number of pyridine rings is 1. The molecule has 0 amide bonds. The molecule has 0 aliphatic heterocycles. The summed E-state index contributed by atoms with van der Waals surface area (Å²) in [6, 6.07) is 2.70. The molecular formula is C16H22F3IN6. The Bertz CT molecular complexity index is 752. The molecule has 2 aromatic heterocycles. The Balaban J connectivity index is 0.00000243. The second kappa shape index (κ2) is 8.87. The quantitative estimate of drug-likeness (QED) is 0.400. The number of hydrogen-bond acceptors (Lipinski definition) is 3. The molecule has 6 nitrogen and oxygen atoms in total. The molecule has 1 aliphatic carbocycles. The Kier molecular flexibility index (Phi) is 7.07. The summed E-state index contributed by atoms with van der Waals surface area (Å²) < 4.78 is 40.0. The lowest BCUT2D eigenvalue weighted by atomic mass is 9.96. The zero-order valence-electron chi connectivity index (χ0n) is 14.4. The molecule has 1 fully saturated rings. The molecule has 26 heavy (non-hydrogen) atoms. The summed E-state index contributed by atoms with van der Waals surface area (Å²) in [5.41, 5.74) is -0.356. The third-order valence-electron chi connectivity index (χ3n) is 4.38. The van der Waals surface area contributed by atoms with E-state index in [0.717, 1.165) is 25.1 Å². The van der Waals surface area contributed by atoms with Crippen LogP contribution in [0.25, 0.3) is 5.65 Å². The minimum Gasteiger partial charge on any atom is -0.354 e. The molecule has 144 valence electrons. The minimum absolute atomic E-state index is 0.